The first-order valence-corrected chi connectivity index (χ1v) is 7.71. The number of carbonyl (C=O) groups excluding carboxylic acids is 1. The number of aryl methyl sites for hydroxylation is 1. The highest BCUT2D eigenvalue weighted by atomic mass is 32.1. The Balaban J connectivity index is 1.91. The third kappa shape index (κ3) is 3.69. The number of likely N-dealkylation sites (tertiary alicyclic amines) is 1. The molecule has 2 N–H and O–H groups in total. The van der Waals surface area contributed by atoms with Crippen LogP contribution in [-0.4, -0.2) is 40.1 Å². The second-order valence-electron chi connectivity index (χ2n) is 4.95. The Labute approximate surface area is 121 Å². The number of aromatic nitrogens is 1. The SMILES string of the molecule is CCCc1csc(NC(=O)N2CCCC(C(=O)O)C2)n1. The van der Waals surface area contributed by atoms with E-state index in [9.17, 15) is 9.59 Å². The predicted molar refractivity (Wildman–Crippen MR) is 77.1 cm³/mol. The van der Waals surface area contributed by atoms with Crippen LogP contribution in [-0.2, 0) is 11.2 Å². The number of thiazole rings is 1. The maximum Gasteiger partial charge on any atom is 0.323 e. The van der Waals surface area contributed by atoms with E-state index in [1.165, 1.54) is 11.3 Å². The van der Waals surface area contributed by atoms with Crippen molar-refractivity contribution in [3.8, 4) is 0 Å². The van der Waals surface area contributed by atoms with E-state index in [1.807, 2.05) is 5.38 Å². The summed E-state index contributed by atoms with van der Waals surface area (Å²) in [7, 11) is 0. The van der Waals surface area contributed by atoms with Gasteiger partial charge in [-0.05, 0) is 19.3 Å². The average Bonchev–Trinajstić information content (AvgIpc) is 2.86. The number of rotatable bonds is 4. The van der Waals surface area contributed by atoms with E-state index in [0.29, 0.717) is 18.1 Å². The van der Waals surface area contributed by atoms with Gasteiger partial charge in [0.25, 0.3) is 0 Å². The van der Waals surface area contributed by atoms with Crippen molar-refractivity contribution in [3.63, 3.8) is 0 Å². The fraction of sp³-hybridized carbons (Fsp3) is 0.615. The van der Waals surface area contributed by atoms with Crippen LogP contribution in [0.2, 0.25) is 0 Å². The number of aliphatic carboxylic acids is 1. The number of carboxylic acid groups (broad SMARTS) is 1. The standard InChI is InChI=1S/C13H19N3O3S/c1-2-4-10-8-20-12(14-10)15-13(19)16-6-3-5-9(7-16)11(17)18/h8-9H,2-7H2,1H3,(H,17,18)(H,14,15,19). The summed E-state index contributed by atoms with van der Waals surface area (Å²) in [6, 6.07) is -0.256. The number of carboxylic acids is 1. The first kappa shape index (κ1) is 14.8. The zero-order valence-electron chi connectivity index (χ0n) is 11.5. The molecule has 20 heavy (non-hydrogen) atoms. The second-order valence-corrected chi connectivity index (χ2v) is 5.81. The Hall–Kier alpha value is -1.63. The number of nitrogens with zero attached hydrogens (tertiary/aromatic N) is 2. The van der Waals surface area contributed by atoms with E-state index in [4.69, 9.17) is 5.11 Å². The zero-order chi connectivity index (χ0) is 14.5. The van der Waals surface area contributed by atoms with Crippen LogP contribution < -0.4 is 5.32 Å². The van der Waals surface area contributed by atoms with Crippen molar-refractivity contribution < 1.29 is 14.7 Å². The highest BCUT2D eigenvalue weighted by Crippen LogP contribution is 2.20. The summed E-state index contributed by atoms with van der Waals surface area (Å²) in [5, 5.41) is 14.3. The molecular formula is C13H19N3O3S. The molecule has 0 bridgehead atoms. The molecule has 2 rings (SSSR count). The molecule has 0 radical (unpaired) electrons. The Kier molecular flexibility index (Phi) is 4.94. The van der Waals surface area contributed by atoms with Crippen molar-refractivity contribution in [2.75, 3.05) is 18.4 Å². The molecule has 1 aliphatic rings. The molecule has 7 heteroatoms. The van der Waals surface area contributed by atoms with Crippen molar-refractivity contribution >= 4 is 28.5 Å². The van der Waals surface area contributed by atoms with Gasteiger partial charge in [-0.15, -0.1) is 11.3 Å². The van der Waals surface area contributed by atoms with Gasteiger partial charge in [0, 0.05) is 18.5 Å². The first-order chi connectivity index (χ1) is 9.60. The van der Waals surface area contributed by atoms with Gasteiger partial charge in [-0.2, -0.15) is 0 Å². The maximum absolute atomic E-state index is 12.1. The van der Waals surface area contributed by atoms with Crippen LogP contribution in [0.15, 0.2) is 5.38 Å². The summed E-state index contributed by atoms with van der Waals surface area (Å²) in [6.07, 6.45) is 3.28. The van der Waals surface area contributed by atoms with E-state index in [2.05, 4.69) is 17.2 Å². The molecule has 110 valence electrons. The third-order valence-electron chi connectivity index (χ3n) is 3.33. The van der Waals surface area contributed by atoms with Crippen molar-refractivity contribution in [1.29, 1.82) is 0 Å². The van der Waals surface area contributed by atoms with Gasteiger partial charge in [0.2, 0.25) is 0 Å². The molecule has 6 nitrogen and oxygen atoms in total. The van der Waals surface area contributed by atoms with Crippen LogP contribution >= 0.6 is 11.3 Å². The molecule has 1 aliphatic heterocycles. The highest BCUT2D eigenvalue weighted by molar-refractivity contribution is 7.13. The molecule has 1 fully saturated rings. The van der Waals surface area contributed by atoms with Crippen molar-refractivity contribution in [3.05, 3.63) is 11.1 Å². The number of carbonyl (C=O) groups is 2. The molecule has 1 saturated heterocycles. The third-order valence-corrected chi connectivity index (χ3v) is 4.14. The van der Waals surface area contributed by atoms with Crippen LogP contribution in [0.3, 0.4) is 0 Å². The number of urea groups is 1. The molecule has 2 heterocycles. The Bertz CT molecular complexity index is 489. The molecule has 0 aromatic carbocycles. The van der Waals surface area contributed by atoms with Crippen molar-refractivity contribution in [1.82, 2.24) is 9.88 Å². The minimum absolute atomic E-state index is 0.256. The minimum atomic E-state index is -0.831. The lowest BCUT2D eigenvalue weighted by atomic mass is 9.99. The maximum atomic E-state index is 12.1. The van der Waals surface area contributed by atoms with Gasteiger partial charge in [0.05, 0.1) is 11.6 Å². The molecule has 2 amide bonds. The number of anilines is 1. The Morgan fingerprint density at radius 3 is 3.10 bits per heavy atom. The monoisotopic (exact) mass is 297 g/mol. The summed E-state index contributed by atoms with van der Waals surface area (Å²) in [5.74, 6) is -1.29. The van der Waals surface area contributed by atoms with Crippen LogP contribution in [0.1, 0.15) is 31.9 Å². The van der Waals surface area contributed by atoms with Gasteiger partial charge in [0.1, 0.15) is 0 Å². The van der Waals surface area contributed by atoms with Crippen LogP contribution in [0.4, 0.5) is 9.93 Å². The van der Waals surface area contributed by atoms with E-state index in [-0.39, 0.29) is 12.6 Å². The van der Waals surface area contributed by atoms with Gasteiger partial charge >= 0.3 is 12.0 Å². The fourth-order valence-corrected chi connectivity index (χ4v) is 3.00. The van der Waals surface area contributed by atoms with E-state index < -0.39 is 11.9 Å². The highest BCUT2D eigenvalue weighted by Gasteiger charge is 2.28. The quantitative estimate of drug-likeness (QED) is 0.894. The molecule has 1 unspecified atom stereocenters. The van der Waals surface area contributed by atoms with Crippen LogP contribution in [0, 0.1) is 5.92 Å². The fourth-order valence-electron chi connectivity index (χ4n) is 2.27. The topological polar surface area (TPSA) is 82.5 Å². The summed E-state index contributed by atoms with van der Waals surface area (Å²) in [6.45, 7) is 2.95. The smallest absolute Gasteiger partial charge is 0.323 e. The van der Waals surface area contributed by atoms with Crippen molar-refractivity contribution in [2.24, 2.45) is 5.92 Å². The minimum Gasteiger partial charge on any atom is -0.481 e. The molecule has 1 aromatic heterocycles. The van der Waals surface area contributed by atoms with Gasteiger partial charge in [0.15, 0.2) is 5.13 Å². The summed E-state index contributed by atoms with van der Waals surface area (Å²) in [5.41, 5.74) is 0.981. The van der Waals surface area contributed by atoms with Crippen molar-refractivity contribution in [2.45, 2.75) is 32.6 Å². The van der Waals surface area contributed by atoms with E-state index in [1.54, 1.807) is 4.90 Å². The lowest BCUT2D eigenvalue weighted by molar-refractivity contribution is -0.143. The lowest BCUT2D eigenvalue weighted by Crippen LogP contribution is -2.44. The predicted octanol–water partition coefficient (Wildman–Crippen LogP) is 2.42. The molecule has 0 aliphatic carbocycles. The Morgan fingerprint density at radius 2 is 2.40 bits per heavy atom. The number of nitrogens with one attached hydrogen (secondary N) is 1. The number of amides is 2. The first-order valence-electron chi connectivity index (χ1n) is 6.83. The number of hydrogen-bond donors (Lipinski definition) is 2. The van der Waals surface area contributed by atoms with E-state index in [0.717, 1.165) is 25.0 Å². The molecule has 0 saturated carbocycles. The summed E-state index contributed by atoms with van der Waals surface area (Å²) < 4.78 is 0. The summed E-state index contributed by atoms with van der Waals surface area (Å²) in [4.78, 5) is 29.0. The van der Waals surface area contributed by atoms with Crippen LogP contribution in [0.25, 0.3) is 0 Å². The molecule has 1 atom stereocenters. The Morgan fingerprint density at radius 1 is 1.60 bits per heavy atom. The zero-order valence-corrected chi connectivity index (χ0v) is 12.3. The second kappa shape index (κ2) is 6.69. The number of piperidine rings is 1. The van der Waals surface area contributed by atoms with E-state index >= 15 is 0 Å². The lowest BCUT2D eigenvalue weighted by Gasteiger charge is -2.30. The molecule has 0 spiro atoms. The van der Waals surface area contributed by atoms with Gasteiger partial charge in [-0.1, -0.05) is 13.3 Å². The normalized spacial score (nSPS) is 18.9. The van der Waals surface area contributed by atoms with Gasteiger partial charge in [-0.3, -0.25) is 10.1 Å². The summed E-state index contributed by atoms with van der Waals surface area (Å²) >= 11 is 1.40. The largest absolute Gasteiger partial charge is 0.481 e. The average molecular weight is 297 g/mol. The van der Waals surface area contributed by atoms with Gasteiger partial charge < -0.3 is 10.0 Å². The molecule has 1 aromatic rings. The number of hydrogen-bond acceptors (Lipinski definition) is 4. The van der Waals surface area contributed by atoms with Crippen LogP contribution in [0.5, 0.6) is 0 Å². The molecular weight excluding hydrogens is 278 g/mol. The van der Waals surface area contributed by atoms with Gasteiger partial charge in [-0.25, -0.2) is 9.78 Å².